The summed E-state index contributed by atoms with van der Waals surface area (Å²) in [4.78, 5) is 0. The molecule has 1 fully saturated rings. The minimum Gasteiger partial charge on any atom is -0.382 e. The van der Waals surface area contributed by atoms with Crippen molar-refractivity contribution in [2.45, 2.75) is 30.7 Å². The lowest BCUT2D eigenvalue weighted by Crippen LogP contribution is -2.61. The molecule has 0 unspecified atom stereocenters. The van der Waals surface area contributed by atoms with Gasteiger partial charge < -0.3 is 28.4 Å². The molecule has 1 aliphatic heterocycles. The van der Waals surface area contributed by atoms with Crippen LogP contribution in [0.3, 0.4) is 0 Å². The van der Waals surface area contributed by atoms with E-state index in [0.29, 0.717) is 13.2 Å². The molecule has 0 bridgehead atoms. The van der Waals surface area contributed by atoms with Crippen molar-refractivity contribution in [3.05, 3.63) is 12.7 Å². The maximum Gasteiger partial charge on any atom is 0.187 e. The Kier molecular flexibility index (Phi) is 7.52. The summed E-state index contributed by atoms with van der Waals surface area (Å²) >= 11 is 0. The Morgan fingerprint density at radius 2 is 1.63 bits per heavy atom. The Bertz CT molecular complexity index is 260. The maximum atomic E-state index is 5.84. The first kappa shape index (κ1) is 16.6. The third kappa shape index (κ3) is 3.98. The number of hydrogen-bond donors (Lipinski definition) is 0. The molecule has 0 spiro atoms. The first-order chi connectivity index (χ1) is 9.23. The highest BCUT2D eigenvalue weighted by Gasteiger charge is 2.47. The predicted molar refractivity (Wildman–Crippen MR) is 69.1 cm³/mol. The Balaban J connectivity index is 2.84. The summed E-state index contributed by atoms with van der Waals surface area (Å²) < 4.78 is 33.0. The Hall–Kier alpha value is -0.500. The molecule has 1 saturated heterocycles. The average Bonchev–Trinajstić information content (AvgIpc) is 2.44. The zero-order valence-corrected chi connectivity index (χ0v) is 12.0. The smallest absolute Gasteiger partial charge is 0.187 e. The molecule has 0 amide bonds. The van der Waals surface area contributed by atoms with Crippen LogP contribution in [0, 0.1) is 0 Å². The van der Waals surface area contributed by atoms with Crippen molar-refractivity contribution in [2.24, 2.45) is 0 Å². The molecule has 1 rings (SSSR count). The summed E-state index contributed by atoms with van der Waals surface area (Å²) in [5, 5.41) is 0. The normalized spacial score (nSPS) is 35.3. The van der Waals surface area contributed by atoms with E-state index in [1.165, 1.54) is 0 Å². The van der Waals surface area contributed by atoms with Crippen LogP contribution >= 0.6 is 0 Å². The fourth-order valence-electron chi connectivity index (χ4n) is 2.28. The van der Waals surface area contributed by atoms with Crippen LogP contribution in [-0.2, 0) is 28.4 Å². The molecule has 6 nitrogen and oxygen atoms in total. The molecule has 112 valence electrons. The summed E-state index contributed by atoms with van der Waals surface area (Å²) in [7, 11) is 6.43. The summed E-state index contributed by atoms with van der Waals surface area (Å²) in [5.41, 5.74) is 0. The van der Waals surface area contributed by atoms with Gasteiger partial charge in [-0.05, 0) is 0 Å². The van der Waals surface area contributed by atoms with Crippen molar-refractivity contribution >= 4 is 0 Å². The van der Waals surface area contributed by atoms with Crippen molar-refractivity contribution in [3.63, 3.8) is 0 Å². The lowest BCUT2D eigenvalue weighted by atomic mass is 9.98. The van der Waals surface area contributed by atoms with E-state index in [9.17, 15) is 0 Å². The molecule has 0 aromatic carbocycles. The van der Waals surface area contributed by atoms with Gasteiger partial charge in [-0.25, -0.2) is 0 Å². The van der Waals surface area contributed by atoms with Gasteiger partial charge in [0.25, 0.3) is 0 Å². The van der Waals surface area contributed by atoms with Gasteiger partial charge >= 0.3 is 0 Å². The van der Waals surface area contributed by atoms with E-state index in [0.717, 1.165) is 0 Å². The Labute approximate surface area is 114 Å². The highest BCUT2D eigenvalue weighted by Crippen LogP contribution is 2.27. The van der Waals surface area contributed by atoms with Crippen LogP contribution in [0.1, 0.15) is 0 Å². The minimum absolute atomic E-state index is 0.277. The average molecular weight is 276 g/mol. The molecule has 1 heterocycles. The molecular formula is C13H24O6. The van der Waals surface area contributed by atoms with E-state index in [-0.39, 0.29) is 24.4 Å². The third-order valence-corrected chi connectivity index (χ3v) is 3.12. The fourth-order valence-corrected chi connectivity index (χ4v) is 2.28. The number of ether oxygens (including phenoxy) is 6. The molecule has 5 atom stereocenters. The Morgan fingerprint density at radius 3 is 2.11 bits per heavy atom. The van der Waals surface area contributed by atoms with Gasteiger partial charge in [-0.15, -0.1) is 6.58 Å². The maximum absolute atomic E-state index is 5.84. The Morgan fingerprint density at radius 1 is 1.00 bits per heavy atom. The number of rotatable bonds is 8. The zero-order chi connectivity index (χ0) is 14.3. The standard InChI is InChI=1S/C13H24O6/c1-6-7-18-13-12(17-5)11(16-4)10(15-3)9(19-13)8-14-2/h6,9-13H,1,7-8H2,2-5H3/t9-,10-,11+,12-,13-/m1/s1. The van der Waals surface area contributed by atoms with Gasteiger partial charge in [0, 0.05) is 28.4 Å². The van der Waals surface area contributed by atoms with E-state index in [1.807, 2.05) is 0 Å². The lowest BCUT2D eigenvalue weighted by Gasteiger charge is -2.44. The van der Waals surface area contributed by atoms with Crippen LogP contribution in [0.25, 0.3) is 0 Å². The van der Waals surface area contributed by atoms with Crippen LogP contribution in [0.2, 0.25) is 0 Å². The lowest BCUT2D eigenvalue weighted by molar-refractivity contribution is -0.311. The molecular weight excluding hydrogens is 252 g/mol. The van der Waals surface area contributed by atoms with Gasteiger partial charge in [0.1, 0.15) is 24.4 Å². The molecule has 1 aliphatic rings. The van der Waals surface area contributed by atoms with Crippen molar-refractivity contribution < 1.29 is 28.4 Å². The van der Waals surface area contributed by atoms with E-state index < -0.39 is 6.29 Å². The second kappa shape index (κ2) is 8.63. The number of hydrogen-bond acceptors (Lipinski definition) is 6. The molecule has 0 N–H and O–H groups in total. The van der Waals surface area contributed by atoms with Crippen LogP contribution in [0.15, 0.2) is 12.7 Å². The summed E-state index contributed by atoms with van der Waals surface area (Å²) in [6, 6.07) is 0. The van der Waals surface area contributed by atoms with Gasteiger partial charge in [0.2, 0.25) is 0 Å². The zero-order valence-electron chi connectivity index (χ0n) is 12.0. The second-order valence-corrected chi connectivity index (χ2v) is 4.22. The largest absolute Gasteiger partial charge is 0.382 e. The van der Waals surface area contributed by atoms with Gasteiger partial charge in [-0.3, -0.25) is 0 Å². The van der Waals surface area contributed by atoms with Crippen molar-refractivity contribution in [1.29, 1.82) is 0 Å². The number of methoxy groups -OCH3 is 4. The first-order valence-electron chi connectivity index (χ1n) is 6.18. The summed E-state index contributed by atoms with van der Waals surface area (Å²) in [6.45, 7) is 4.38. The molecule has 19 heavy (non-hydrogen) atoms. The summed E-state index contributed by atoms with van der Waals surface area (Å²) in [5.74, 6) is 0. The van der Waals surface area contributed by atoms with Crippen LogP contribution in [-0.4, -0.2) is 72.4 Å². The molecule has 0 aliphatic carbocycles. The van der Waals surface area contributed by atoms with Gasteiger partial charge in [-0.1, -0.05) is 6.08 Å². The molecule has 0 aromatic heterocycles. The van der Waals surface area contributed by atoms with E-state index in [4.69, 9.17) is 28.4 Å². The molecule has 6 heteroatoms. The van der Waals surface area contributed by atoms with Crippen molar-refractivity contribution in [2.75, 3.05) is 41.7 Å². The van der Waals surface area contributed by atoms with Crippen molar-refractivity contribution in [1.82, 2.24) is 0 Å². The van der Waals surface area contributed by atoms with Gasteiger partial charge in [0.15, 0.2) is 6.29 Å². The van der Waals surface area contributed by atoms with Crippen LogP contribution in [0.5, 0.6) is 0 Å². The molecule has 0 aromatic rings. The fraction of sp³-hybridized carbons (Fsp3) is 0.846. The SMILES string of the molecule is C=CCO[C@@H]1O[C@H](COC)[C@@H](OC)[C@H](OC)[C@H]1OC. The summed E-state index contributed by atoms with van der Waals surface area (Å²) in [6.07, 6.45) is -0.105. The van der Waals surface area contributed by atoms with E-state index in [1.54, 1.807) is 34.5 Å². The molecule has 0 radical (unpaired) electrons. The topological polar surface area (TPSA) is 55.4 Å². The van der Waals surface area contributed by atoms with E-state index in [2.05, 4.69) is 6.58 Å². The van der Waals surface area contributed by atoms with Gasteiger partial charge in [0.05, 0.1) is 13.2 Å². The van der Waals surface area contributed by atoms with Crippen LogP contribution < -0.4 is 0 Å². The third-order valence-electron chi connectivity index (χ3n) is 3.12. The second-order valence-electron chi connectivity index (χ2n) is 4.22. The van der Waals surface area contributed by atoms with Crippen LogP contribution in [0.4, 0.5) is 0 Å². The van der Waals surface area contributed by atoms with Crippen molar-refractivity contribution in [3.8, 4) is 0 Å². The molecule has 0 saturated carbocycles. The predicted octanol–water partition coefficient (Wildman–Crippen LogP) is 0.605. The van der Waals surface area contributed by atoms with E-state index >= 15 is 0 Å². The quantitative estimate of drug-likeness (QED) is 0.605. The highest BCUT2D eigenvalue weighted by atomic mass is 16.7. The minimum atomic E-state index is -0.542. The highest BCUT2D eigenvalue weighted by molar-refractivity contribution is 4.92. The first-order valence-corrected chi connectivity index (χ1v) is 6.18. The van der Waals surface area contributed by atoms with Gasteiger partial charge in [-0.2, -0.15) is 0 Å². The monoisotopic (exact) mass is 276 g/mol.